The maximum Gasteiger partial charge on any atom is 0.327 e. The molecule has 1 aliphatic rings. The number of aryl methyl sites for hydroxylation is 1. The molecule has 0 saturated carbocycles. The van der Waals surface area contributed by atoms with Crippen molar-refractivity contribution in [2.45, 2.75) is 19.4 Å². The Morgan fingerprint density at radius 1 is 1.00 bits per heavy atom. The third-order valence-corrected chi connectivity index (χ3v) is 4.72. The summed E-state index contributed by atoms with van der Waals surface area (Å²) < 4.78 is 16.2. The van der Waals surface area contributed by atoms with E-state index in [-0.39, 0.29) is 6.42 Å². The van der Waals surface area contributed by atoms with Gasteiger partial charge in [-0.3, -0.25) is 9.59 Å². The molecule has 0 radical (unpaired) electrons. The summed E-state index contributed by atoms with van der Waals surface area (Å²) in [7, 11) is 2.53. The fraction of sp³-hybridized carbons (Fsp3) is 0.300. The molecule has 1 heterocycles. The van der Waals surface area contributed by atoms with Gasteiger partial charge in [-0.2, -0.15) is 0 Å². The molecule has 0 bridgehead atoms. The van der Waals surface area contributed by atoms with Gasteiger partial charge in [0.1, 0.15) is 5.75 Å². The predicted octanol–water partition coefficient (Wildman–Crippen LogP) is 3.00. The summed E-state index contributed by atoms with van der Waals surface area (Å²) in [6.45, 7) is 1.92. The largest absolute Gasteiger partial charge is 0.484 e. The van der Waals surface area contributed by atoms with Gasteiger partial charge in [0.25, 0.3) is 0 Å². The SMILES string of the molecule is COC(=O)C1(C(=O)OC)Cc2c(C)cccc2OC1c1ccccc1. The second-order valence-electron chi connectivity index (χ2n) is 6.09. The second kappa shape index (κ2) is 6.59. The molecule has 2 aromatic carbocycles. The van der Waals surface area contributed by atoms with Crippen LogP contribution in [0.1, 0.15) is 22.8 Å². The highest BCUT2D eigenvalue weighted by molar-refractivity contribution is 6.01. The Bertz CT molecular complexity index is 781. The van der Waals surface area contributed by atoms with Crippen molar-refractivity contribution in [2.24, 2.45) is 5.41 Å². The second-order valence-corrected chi connectivity index (χ2v) is 6.09. The molecule has 1 unspecified atom stereocenters. The maximum absolute atomic E-state index is 12.8. The third-order valence-electron chi connectivity index (χ3n) is 4.72. The summed E-state index contributed by atoms with van der Waals surface area (Å²) in [5.74, 6) is -0.665. The Kier molecular flexibility index (Phi) is 4.49. The van der Waals surface area contributed by atoms with Crippen LogP contribution in [0.5, 0.6) is 5.75 Å². The van der Waals surface area contributed by atoms with E-state index in [9.17, 15) is 9.59 Å². The Morgan fingerprint density at radius 3 is 2.24 bits per heavy atom. The van der Waals surface area contributed by atoms with E-state index in [1.54, 1.807) is 0 Å². The van der Waals surface area contributed by atoms with Gasteiger partial charge in [0.15, 0.2) is 6.10 Å². The fourth-order valence-electron chi connectivity index (χ4n) is 3.40. The van der Waals surface area contributed by atoms with Crippen LogP contribution >= 0.6 is 0 Å². The molecule has 0 amide bonds. The number of methoxy groups -OCH3 is 2. The summed E-state index contributed by atoms with van der Waals surface area (Å²) in [6.07, 6.45) is -0.670. The first-order chi connectivity index (χ1) is 12.0. The van der Waals surface area contributed by atoms with E-state index >= 15 is 0 Å². The first kappa shape index (κ1) is 17.0. The van der Waals surface area contributed by atoms with Crippen LogP contribution in [0.25, 0.3) is 0 Å². The van der Waals surface area contributed by atoms with Gasteiger partial charge in [0.05, 0.1) is 14.2 Å². The summed E-state index contributed by atoms with van der Waals surface area (Å²) in [4.78, 5) is 25.6. The monoisotopic (exact) mass is 340 g/mol. The van der Waals surface area contributed by atoms with Crippen LogP contribution in [0.4, 0.5) is 0 Å². The van der Waals surface area contributed by atoms with E-state index < -0.39 is 23.5 Å². The van der Waals surface area contributed by atoms with E-state index in [0.717, 1.165) is 11.1 Å². The number of rotatable bonds is 3. The van der Waals surface area contributed by atoms with Crippen molar-refractivity contribution in [3.8, 4) is 5.75 Å². The standard InChI is InChI=1S/C20H20O5/c1-13-8-7-11-16-15(13)12-20(18(21)23-2,19(22)24-3)17(25-16)14-9-5-4-6-10-14/h4-11,17H,12H2,1-3H3. The van der Waals surface area contributed by atoms with Gasteiger partial charge >= 0.3 is 11.9 Å². The molecular formula is C20H20O5. The van der Waals surface area contributed by atoms with Gasteiger partial charge in [0.2, 0.25) is 5.41 Å². The van der Waals surface area contributed by atoms with Gasteiger partial charge in [0, 0.05) is 6.42 Å². The minimum atomic E-state index is -1.59. The molecule has 0 spiro atoms. The number of hydrogen-bond donors (Lipinski definition) is 0. The number of hydrogen-bond acceptors (Lipinski definition) is 5. The summed E-state index contributed by atoms with van der Waals surface area (Å²) in [5, 5.41) is 0. The van der Waals surface area contributed by atoms with Gasteiger partial charge in [-0.25, -0.2) is 0 Å². The van der Waals surface area contributed by atoms with E-state index in [2.05, 4.69) is 0 Å². The highest BCUT2D eigenvalue weighted by atomic mass is 16.6. The molecule has 0 aromatic heterocycles. The first-order valence-corrected chi connectivity index (χ1v) is 8.01. The van der Waals surface area contributed by atoms with Crippen molar-refractivity contribution >= 4 is 11.9 Å². The molecule has 5 nitrogen and oxygen atoms in total. The Hall–Kier alpha value is -2.82. The Morgan fingerprint density at radius 2 is 1.64 bits per heavy atom. The van der Waals surface area contributed by atoms with Crippen LogP contribution in [-0.4, -0.2) is 26.2 Å². The Labute approximate surface area is 146 Å². The minimum absolute atomic E-state index is 0.161. The van der Waals surface area contributed by atoms with E-state index in [1.807, 2.05) is 55.5 Å². The van der Waals surface area contributed by atoms with E-state index in [0.29, 0.717) is 11.3 Å². The smallest absolute Gasteiger partial charge is 0.327 e. The van der Waals surface area contributed by atoms with Gasteiger partial charge < -0.3 is 14.2 Å². The van der Waals surface area contributed by atoms with E-state index in [4.69, 9.17) is 14.2 Å². The summed E-state index contributed by atoms with van der Waals surface area (Å²) >= 11 is 0. The molecule has 0 N–H and O–H groups in total. The molecule has 5 heteroatoms. The fourth-order valence-corrected chi connectivity index (χ4v) is 3.40. The van der Waals surface area contributed by atoms with Crippen molar-refractivity contribution in [3.63, 3.8) is 0 Å². The lowest BCUT2D eigenvalue weighted by atomic mass is 9.71. The van der Waals surface area contributed by atoms with Crippen molar-refractivity contribution < 1.29 is 23.8 Å². The Balaban J connectivity index is 2.24. The third kappa shape index (κ3) is 2.65. The summed E-state index contributed by atoms with van der Waals surface area (Å²) in [5.41, 5.74) is 0.876. The lowest BCUT2D eigenvalue weighted by molar-refractivity contribution is -0.179. The number of ether oxygens (including phenoxy) is 3. The topological polar surface area (TPSA) is 61.8 Å². The van der Waals surface area contributed by atoms with Crippen LogP contribution in [0.15, 0.2) is 48.5 Å². The average molecular weight is 340 g/mol. The highest BCUT2D eigenvalue weighted by Gasteiger charge is 2.59. The number of carbonyl (C=O) groups is 2. The molecular weight excluding hydrogens is 320 g/mol. The zero-order valence-electron chi connectivity index (χ0n) is 14.4. The number of fused-ring (bicyclic) bond motifs is 1. The van der Waals surface area contributed by atoms with Crippen molar-refractivity contribution in [2.75, 3.05) is 14.2 Å². The number of benzene rings is 2. The predicted molar refractivity (Wildman–Crippen MR) is 91.2 cm³/mol. The average Bonchev–Trinajstić information content (AvgIpc) is 2.66. The minimum Gasteiger partial charge on any atom is -0.484 e. The molecule has 1 atom stereocenters. The molecule has 0 saturated heterocycles. The van der Waals surface area contributed by atoms with Crippen LogP contribution in [-0.2, 0) is 25.5 Å². The normalized spacial score (nSPS) is 17.8. The van der Waals surface area contributed by atoms with Crippen LogP contribution in [0.2, 0.25) is 0 Å². The van der Waals surface area contributed by atoms with Gasteiger partial charge in [-0.05, 0) is 29.7 Å². The van der Waals surface area contributed by atoms with Crippen molar-refractivity contribution in [3.05, 3.63) is 65.2 Å². The lowest BCUT2D eigenvalue weighted by Crippen LogP contribution is -2.51. The quantitative estimate of drug-likeness (QED) is 0.635. The summed E-state index contributed by atoms with van der Waals surface area (Å²) in [6, 6.07) is 14.8. The molecule has 0 fully saturated rings. The van der Waals surface area contributed by atoms with Crippen LogP contribution in [0.3, 0.4) is 0 Å². The zero-order valence-corrected chi connectivity index (χ0v) is 14.4. The van der Waals surface area contributed by atoms with Crippen molar-refractivity contribution in [1.29, 1.82) is 0 Å². The number of esters is 2. The van der Waals surface area contributed by atoms with E-state index in [1.165, 1.54) is 14.2 Å². The first-order valence-electron chi connectivity index (χ1n) is 8.01. The molecule has 130 valence electrons. The molecule has 25 heavy (non-hydrogen) atoms. The lowest BCUT2D eigenvalue weighted by Gasteiger charge is -2.40. The van der Waals surface area contributed by atoms with Gasteiger partial charge in [-0.1, -0.05) is 42.5 Å². The molecule has 3 rings (SSSR count). The van der Waals surface area contributed by atoms with Gasteiger partial charge in [-0.15, -0.1) is 0 Å². The highest BCUT2D eigenvalue weighted by Crippen LogP contribution is 2.49. The molecule has 0 aliphatic carbocycles. The number of carbonyl (C=O) groups excluding carboxylic acids is 2. The van der Waals surface area contributed by atoms with Crippen molar-refractivity contribution in [1.82, 2.24) is 0 Å². The molecule has 1 aliphatic heterocycles. The maximum atomic E-state index is 12.8. The van der Waals surface area contributed by atoms with Crippen LogP contribution in [0, 0.1) is 12.3 Å². The molecule has 2 aromatic rings. The van der Waals surface area contributed by atoms with Crippen LogP contribution < -0.4 is 4.74 Å². The zero-order chi connectivity index (χ0) is 18.0.